The Morgan fingerprint density at radius 3 is 2.33 bits per heavy atom. The first-order chi connectivity index (χ1) is 11.6. The minimum absolute atomic E-state index is 0.311. The normalized spacial score (nSPS) is 10.9. The topological polar surface area (TPSA) is 69.2 Å². The number of nitrogens with zero attached hydrogens (tertiary/aromatic N) is 1. The molecule has 2 rings (SSSR count). The minimum atomic E-state index is -0.311. The van der Waals surface area contributed by atoms with E-state index in [0.29, 0.717) is 28.5 Å². The number of nitrogens with one attached hydrogen (secondary N) is 1. The average Bonchev–Trinajstić information content (AvgIpc) is 2.65. The van der Waals surface area contributed by atoms with Crippen molar-refractivity contribution in [2.45, 2.75) is 6.92 Å². The summed E-state index contributed by atoms with van der Waals surface area (Å²) in [6, 6.07) is 12.3. The first-order valence-electron chi connectivity index (χ1n) is 7.30. The predicted molar refractivity (Wildman–Crippen MR) is 92.2 cm³/mol. The number of hydrogen-bond donors (Lipinski definition) is 1. The summed E-state index contributed by atoms with van der Waals surface area (Å²) >= 11 is 0. The van der Waals surface area contributed by atoms with Gasteiger partial charge in [0.25, 0.3) is 5.91 Å². The summed E-state index contributed by atoms with van der Waals surface area (Å²) in [5.74, 6) is 1.54. The van der Waals surface area contributed by atoms with Crippen molar-refractivity contribution < 1.29 is 19.0 Å². The number of methoxy groups -OCH3 is 3. The second kappa shape index (κ2) is 8.01. The van der Waals surface area contributed by atoms with E-state index in [4.69, 9.17) is 14.2 Å². The van der Waals surface area contributed by atoms with Gasteiger partial charge in [0.2, 0.25) is 0 Å². The molecule has 0 heterocycles. The van der Waals surface area contributed by atoms with Gasteiger partial charge in [0, 0.05) is 11.1 Å². The predicted octanol–water partition coefficient (Wildman–Crippen LogP) is 2.87. The lowest BCUT2D eigenvalue weighted by Crippen LogP contribution is -2.19. The third kappa shape index (κ3) is 4.04. The summed E-state index contributed by atoms with van der Waals surface area (Å²) in [6.45, 7) is 1.80. The first kappa shape index (κ1) is 17.3. The van der Waals surface area contributed by atoms with E-state index in [-0.39, 0.29) is 5.91 Å². The van der Waals surface area contributed by atoms with Crippen LogP contribution in [0.2, 0.25) is 0 Å². The number of carbonyl (C=O) groups is 1. The molecule has 0 saturated heterocycles. The molecule has 1 amide bonds. The van der Waals surface area contributed by atoms with Crippen molar-refractivity contribution in [1.82, 2.24) is 5.43 Å². The fraction of sp³-hybridized carbons (Fsp3) is 0.222. The van der Waals surface area contributed by atoms with Crippen molar-refractivity contribution >= 4 is 11.6 Å². The molecule has 0 aromatic heterocycles. The molecule has 0 aliphatic rings. The van der Waals surface area contributed by atoms with Gasteiger partial charge in [0.05, 0.1) is 27.0 Å². The molecule has 6 heteroatoms. The molecule has 0 aliphatic carbocycles. The fourth-order valence-corrected chi connectivity index (χ4v) is 2.09. The van der Waals surface area contributed by atoms with Crippen LogP contribution in [0.15, 0.2) is 47.6 Å². The van der Waals surface area contributed by atoms with Gasteiger partial charge in [-0.2, -0.15) is 5.10 Å². The maximum atomic E-state index is 12.2. The summed E-state index contributed by atoms with van der Waals surface area (Å²) in [7, 11) is 4.70. The van der Waals surface area contributed by atoms with Gasteiger partial charge in [0.1, 0.15) is 5.75 Å². The number of benzene rings is 2. The lowest BCUT2D eigenvalue weighted by atomic mass is 10.1. The summed E-state index contributed by atoms with van der Waals surface area (Å²) < 4.78 is 15.6. The Kier molecular flexibility index (Phi) is 5.78. The fourth-order valence-electron chi connectivity index (χ4n) is 2.09. The molecule has 0 spiro atoms. The van der Waals surface area contributed by atoms with Gasteiger partial charge < -0.3 is 14.2 Å². The first-order valence-corrected chi connectivity index (χ1v) is 7.30. The SMILES string of the molecule is COc1cccc(C(=O)N/N=C(\C)c2ccc(OC)c(OC)c2)c1. The Hall–Kier alpha value is -3.02. The Morgan fingerprint density at radius 2 is 1.67 bits per heavy atom. The summed E-state index contributed by atoms with van der Waals surface area (Å²) in [4.78, 5) is 12.2. The zero-order valence-electron chi connectivity index (χ0n) is 14.1. The van der Waals surface area contributed by atoms with Gasteiger partial charge in [-0.25, -0.2) is 5.43 Å². The smallest absolute Gasteiger partial charge is 0.271 e. The third-order valence-corrected chi connectivity index (χ3v) is 3.46. The van der Waals surface area contributed by atoms with Crippen LogP contribution in [-0.4, -0.2) is 32.9 Å². The molecule has 0 radical (unpaired) electrons. The van der Waals surface area contributed by atoms with E-state index >= 15 is 0 Å². The van der Waals surface area contributed by atoms with Gasteiger partial charge in [-0.3, -0.25) is 4.79 Å². The number of hydrazone groups is 1. The van der Waals surface area contributed by atoms with E-state index in [0.717, 1.165) is 5.56 Å². The van der Waals surface area contributed by atoms with E-state index < -0.39 is 0 Å². The molecule has 0 unspecified atom stereocenters. The van der Waals surface area contributed by atoms with Gasteiger partial charge >= 0.3 is 0 Å². The van der Waals surface area contributed by atoms with Crippen LogP contribution in [0, 0.1) is 0 Å². The van der Waals surface area contributed by atoms with Crippen molar-refractivity contribution in [2.75, 3.05) is 21.3 Å². The van der Waals surface area contributed by atoms with Crippen molar-refractivity contribution in [2.24, 2.45) is 5.10 Å². The quantitative estimate of drug-likeness (QED) is 0.654. The number of ether oxygens (including phenoxy) is 3. The molecule has 0 bridgehead atoms. The van der Waals surface area contributed by atoms with Crippen molar-refractivity contribution in [3.8, 4) is 17.2 Å². The molecule has 1 N–H and O–H groups in total. The third-order valence-electron chi connectivity index (χ3n) is 3.46. The molecule has 6 nitrogen and oxygen atoms in total. The second-order valence-corrected chi connectivity index (χ2v) is 4.94. The second-order valence-electron chi connectivity index (χ2n) is 4.94. The highest BCUT2D eigenvalue weighted by Crippen LogP contribution is 2.27. The molecular weight excluding hydrogens is 308 g/mol. The highest BCUT2D eigenvalue weighted by Gasteiger charge is 2.08. The molecule has 2 aromatic rings. The Balaban J connectivity index is 2.14. The molecule has 24 heavy (non-hydrogen) atoms. The highest BCUT2D eigenvalue weighted by atomic mass is 16.5. The van der Waals surface area contributed by atoms with Gasteiger partial charge in [-0.15, -0.1) is 0 Å². The standard InChI is InChI=1S/C18H20N2O4/c1-12(13-8-9-16(23-3)17(11-13)24-4)19-20-18(21)14-6-5-7-15(10-14)22-2/h5-11H,1-4H3,(H,20,21)/b19-12+. The molecule has 0 saturated carbocycles. The van der Waals surface area contributed by atoms with Gasteiger partial charge in [-0.05, 0) is 43.3 Å². The van der Waals surface area contributed by atoms with Crippen LogP contribution >= 0.6 is 0 Å². The van der Waals surface area contributed by atoms with Crippen LogP contribution in [0.1, 0.15) is 22.8 Å². The summed E-state index contributed by atoms with van der Waals surface area (Å²) in [6.07, 6.45) is 0. The minimum Gasteiger partial charge on any atom is -0.497 e. The van der Waals surface area contributed by atoms with Crippen molar-refractivity contribution in [1.29, 1.82) is 0 Å². The van der Waals surface area contributed by atoms with Gasteiger partial charge in [-0.1, -0.05) is 6.07 Å². The van der Waals surface area contributed by atoms with Crippen molar-refractivity contribution in [3.05, 3.63) is 53.6 Å². The Morgan fingerprint density at radius 1 is 0.917 bits per heavy atom. The average molecular weight is 328 g/mol. The number of rotatable bonds is 6. The Labute approximate surface area is 141 Å². The van der Waals surface area contributed by atoms with Crippen LogP contribution in [0.3, 0.4) is 0 Å². The number of carbonyl (C=O) groups excluding carboxylic acids is 1. The molecule has 0 aliphatic heterocycles. The van der Waals surface area contributed by atoms with Crippen LogP contribution in [0.4, 0.5) is 0 Å². The molecule has 126 valence electrons. The maximum Gasteiger partial charge on any atom is 0.271 e. The van der Waals surface area contributed by atoms with E-state index in [9.17, 15) is 4.79 Å². The van der Waals surface area contributed by atoms with Crippen LogP contribution in [-0.2, 0) is 0 Å². The Bertz CT molecular complexity index is 756. The molecule has 2 aromatic carbocycles. The largest absolute Gasteiger partial charge is 0.497 e. The van der Waals surface area contributed by atoms with E-state index in [1.807, 2.05) is 6.07 Å². The zero-order valence-corrected chi connectivity index (χ0v) is 14.1. The summed E-state index contributed by atoms with van der Waals surface area (Å²) in [5.41, 5.74) is 4.47. The molecule has 0 atom stereocenters. The van der Waals surface area contributed by atoms with Crippen LogP contribution in [0.25, 0.3) is 0 Å². The lowest BCUT2D eigenvalue weighted by Gasteiger charge is -2.09. The number of hydrogen-bond acceptors (Lipinski definition) is 5. The number of amides is 1. The van der Waals surface area contributed by atoms with E-state index in [2.05, 4.69) is 10.5 Å². The summed E-state index contributed by atoms with van der Waals surface area (Å²) in [5, 5.41) is 4.14. The molecule has 0 fully saturated rings. The van der Waals surface area contributed by atoms with E-state index in [1.165, 1.54) is 0 Å². The lowest BCUT2D eigenvalue weighted by molar-refractivity contribution is 0.0954. The monoisotopic (exact) mass is 328 g/mol. The maximum absolute atomic E-state index is 12.2. The zero-order chi connectivity index (χ0) is 17.5. The van der Waals surface area contributed by atoms with Crippen molar-refractivity contribution in [3.63, 3.8) is 0 Å². The highest BCUT2D eigenvalue weighted by molar-refractivity contribution is 6.01. The van der Waals surface area contributed by atoms with Crippen LogP contribution in [0.5, 0.6) is 17.2 Å². The van der Waals surface area contributed by atoms with Gasteiger partial charge in [0.15, 0.2) is 11.5 Å². The molecular formula is C18H20N2O4. The van der Waals surface area contributed by atoms with Crippen LogP contribution < -0.4 is 19.6 Å². The van der Waals surface area contributed by atoms with E-state index in [1.54, 1.807) is 64.7 Å².